The van der Waals surface area contributed by atoms with Crippen LogP contribution in [0.15, 0.2) is 81.0 Å². The van der Waals surface area contributed by atoms with Crippen molar-refractivity contribution >= 4 is 21.2 Å². The van der Waals surface area contributed by atoms with Gasteiger partial charge in [-0.2, -0.15) is 0 Å². The van der Waals surface area contributed by atoms with Crippen LogP contribution in [0.5, 0.6) is 0 Å². The second-order valence-electron chi connectivity index (χ2n) is 5.40. The zero-order valence-electron chi connectivity index (χ0n) is 12.6. The van der Waals surface area contributed by atoms with E-state index >= 15 is 0 Å². The Labute approximate surface area is 144 Å². The van der Waals surface area contributed by atoms with E-state index in [2.05, 4.69) is 4.98 Å². The maximum absolute atomic E-state index is 12.4. The molecule has 0 unspecified atom stereocenters. The normalized spacial score (nSPS) is 16.4. The van der Waals surface area contributed by atoms with Crippen molar-refractivity contribution in [2.75, 3.05) is 6.61 Å². The van der Waals surface area contributed by atoms with Crippen LogP contribution in [0.3, 0.4) is 0 Å². The molecular formula is C17H14N2O3S2. The van der Waals surface area contributed by atoms with Gasteiger partial charge >= 0.3 is 0 Å². The summed E-state index contributed by atoms with van der Waals surface area (Å²) >= 11 is 1.12. The van der Waals surface area contributed by atoms with E-state index in [-0.39, 0.29) is 9.24 Å². The first-order chi connectivity index (χ1) is 11.6. The topological polar surface area (TPSA) is 59.5 Å². The Kier molecular flexibility index (Phi) is 3.74. The van der Waals surface area contributed by atoms with Gasteiger partial charge in [0.15, 0.2) is 0 Å². The zero-order chi connectivity index (χ0) is 16.6. The minimum absolute atomic E-state index is 0.122. The van der Waals surface area contributed by atoms with Gasteiger partial charge in [0.25, 0.3) is 0 Å². The molecule has 3 heterocycles. The maximum Gasteiger partial charge on any atom is 0.233 e. The second kappa shape index (κ2) is 5.92. The lowest BCUT2D eigenvalue weighted by atomic mass is 10.1. The fraction of sp³-hybridized carbons (Fsp3) is 0.118. The van der Waals surface area contributed by atoms with E-state index < -0.39 is 9.84 Å². The molecule has 0 amide bonds. The predicted octanol–water partition coefficient (Wildman–Crippen LogP) is 3.10. The Morgan fingerprint density at radius 3 is 2.83 bits per heavy atom. The molecule has 0 saturated heterocycles. The van der Waals surface area contributed by atoms with Gasteiger partial charge in [-0.3, -0.25) is 0 Å². The van der Waals surface area contributed by atoms with Gasteiger partial charge < -0.3 is 9.64 Å². The largest absolute Gasteiger partial charge is 0.487 e. The lowest BCUT2D eigenvalue weighted by Gasteiger charge is -2.20. The summed E-state index contributed by atoms with van der Waals surface area (Å²) in [4.78, 5) is 6.18. The third kappa shape index (κ3) is 2.76. The zero-order valence-corrected chi connectivity index (χ0v) is 14.3. The Morgan fingerprint density at radius 2 is 2.08 bits per heavy atom. The van der Waals surface area contributed by atoms with Crippen LogP contribution in [0.4, 0.5) is 0 Å². The van der Waals surface area contributed by atoms with E-state index in [0.29, 0.717) is 13.2 Å². The first-order valence-corrected chi connectivity index (χ1v) is 9.72. The van der Waals surface area contributed by atoms with Gasteiger partial charge in [0.1, 0.15) is 12.4 Å². The number of nitrogens with zero attached hydrogens (tertiary/aromatic N) is 2. The first kappa shape index (κ1) is 15.2. The average Bonchev–Trinajstić information content (AvgIpc) is 3.27. The van der Waals surface area contributed by atoms with Crippen LogP contribution in [0.25, 0.3) is 0 Å². The van der Waals surface area contributed by atoms with Crippen LogP contribution in [-0.4, -0.2) is 24.9 Å². The highest BCUT2D eigenvalue weighted by Gasteiger charge is 2.20. The molecule has 2 aliphatic heterocycles. The number of sulfone groups is 1. The summed E-state index contributed by atoms with van der Waals surface area (Å²) in [6, 6.07) is 6.91. The van der Waals surface area contributed by atoms with Crippen LogP contribution >= 0.6 is 11.3 Å². The van der Waals surface area contributed by atoms with Crippen molar-refractivity contribution in [3.8, 4) is 0 Å². The highest BCUT2D eigenvalue weighted by atomic mass is 32.2. The molecular weight excluding hydrogens is 344 g/mol. The van der Waals surface area contributed by atoms with E-state index in [0.717, 1.165) is 28.2 Å². The quantitative estimate of drug-likeness (QED) is 0.840. The molecule has 2 aromatic rings. The van der Waals surface area contributed by atoms with Crippen LogP contribution in [0.2, 0.25) is 0 Å². The minimum atomic E-state index is -3.52. The fourth-order valence-electron chi connectivity index (χ4n) is 2.56. The third-order valence-corrected chi connectivity index (χ3v) is 6.76. The molecule has 2 aliphatic rings. The van der Waals surface area contributed by atoms with E-state index in [4.69, 9.17) is 4.74 Å². The van der Waals surface area contributed by atoms with Gasteiger partial charge in [0.05, 0.1) is 4.90 Å². The summed E-state index contributed by atoms with van der Waals surface area (Å²) in [6.45, 7) is 1.26. The monoisotopic (exact) mass is 358 g/mol. The van der Waals surface area contributed by atoms with Crippen LogP contribution in [0.1, 0.15) is 5.56 Å². The van der Waals surface area contributed by atoms with Crippen molar-refractivity contribution < 1.29 is 13.2 Å². The van der Waals surface area contributed by atoms with Gasteiger partial charge in [-0.15, -0.1) is 11.3 Å². The van der Waals surface area contributed by atoms with Crippen molar-refractivity contribution in [2.24, 2.45) is 0 Å². The molecule has 0 spiro atoms. The van der Waals surface area contributed by atoms with E-state index in [1.165, 1.54) is 6.20 Å². The molecule has 1 aromatic carbocycles. The highest BCUT2D eigenvalue weighted by molar-refractivity contribution is 7.93. The van der Waals surface area contributed by atoms with Crippen molar-refractivity contribution in [1.82, 2.24) is 9.88 Å². The number of rotatable bonds is 4. The molecule has 4 rings (SSSR count). The molecule has 7 heteroatoms. The Balaban J connectivity index is 1.52. The summed E-state index contributed by atoms with van der Waals surface area (Å²) in [5.74, 6) is 0.875. The highest BCUT2D eigenvalue weighted by Crippen LogP contribution is 2.26. The third-order valence-electron chi connectivity index (χ3n) is 3.79. The molecule has 24 heavy (non-hydrogen) atoms. The summed E-state index contributed by atoms with van der Waals surface area (Å²) in [6.07, 6.45) is 9.50. The van der Waals surface area contributed by atoms with Crippen LogP contribution in [-0.2, 0) is 21.1 Å². The number of ether oxygens (including phenoxy) is 1. The number of aromatic nitrogens is 1. The maximum atomic E-state index is 12.4. The smallest absolute Gasteiger partial charge is 0.233 e. The van der Waals surface area contributed by atoms with Crippen molar-refractivity contribution in [3.63, 3.8) is 0 Å². The minimum Gasteiger partial charge on any atom is -0.487 e. The summed E-state index contributed by atoms with van der Waals surface area (Å²) in [5.41, 5.74) is 2.12. The number of fused-ring (bicyclic) bond motifs is 1. The fourth-order valence-corrected chi connectivity index (χ4v) is 4.78. The first-order valence-electron chi connectivity index (χ1n) is 7.35. The Hall–Kier alpha value is -2.38. The molecule has 0 atom stereocenters. The lowest BCUT2D eigenvalue weighted by Crippen LogP contribution is -2.13. The molecule has 0 N–H and O–H groups in total. The number of thiazole rings is 1. The molecule has 0 saturated carbocycles. The van der Waals surface area contributed by atoms with Gasteiger partial charge in [0, 0.05) is 36.1 Å². The second-order valence-corrected chi connectivity index (χ2v) is 8.42. The molecule has 0 radical (unpaired) electrons. The number of hydrogen-bond donors (Lipinski definition) is 0. The van der Waals surface area contributed by atoms with Crippen molar-refractivity contribution in [3.05, 3.63) is 77.3 Å². The predicted molar refractivity (Wildman–Crippen MR) is 90.8 cm³/mol. The SMILES string of the molecule is O=S(=O)(c1ccc(CN2C=CC3=CCOC3=C2)cc1)c1nccs1. The Morgan fingerprint density at radius 1 is 1.25 bits per heavy atom. The summed E-state index contributed by atoms with van der Waals surface area (Å²) in [5, 5.41) is 1.66. The molecule has 0 aliphatic carbocycles. The van der Waals surface area contributed by atoms with Gasteiger partial charge in [-0.05, 0) is 29.8 Å². The molecule has 0 bridgehead atoms. The van der Waals surface area contributed by atoms with Crippen LogP contribution < -0.4 is 0 Å². The van der Waals surface area contributed by atoms with Crippen molar-refractivity contribution in [1.29, 1.82) is 0 Å². The Bertz CT molecular complexity index is 940. The summed E-state index contributed by atoms with van der Waals surface area (Å²) in [7, 11) is -3.52. The van der Waals surface area contributed by atoms with Gasteiger partial charge in [-0.25, -0.2) is 13.4 Å². The molecule has 122 valence electrons. The van der Waals surface area contributed by atoms with Gasteiger partial charge in [-0.1, -0.05) is 12.1 Å². The standard InChI is InChI=1S/C17H14N2O3S2/c20-24(21,17-18-7-10-23-17)15-3-1-13(2-4-15)11-19-8-5-14-6-9-22-16(14)12-19/h1-8,10,12H,9,11H2. The molecule has 5 nitrogen and oxygen atoms in total. The van der Waals surface area contributed by atoms with E-state index in [1.54, 1.807) is 17.5 Å². The average molecular weight is 358 g/mol. The summed E-state index contributed by atoms with van der Waals surface area (Å²) < 4.78 is 30.5. The van der Waals surface area contributed by atoms with E-state index in [9.17, 15) is 8.42 Å². The lowest BCUT2D eigenvalue weighted by molar-refractivity contribution is 0.265. The van der Waals surface area contributed by atoms with Gasteiger partial charge in [0.2, 0.25) is 14.2 Å². The number of allylic oxidation sites excluding steroid dienone is 1. The van der Waals surface area contributed by atoms with E-state index in [1.807, 2.05) is 41.6 Å². The number of hydrogen-bond acceptors (Lipinski definition) is 6. The van der Waals surface area contributed by atoms with Crippen LogP contribution in [0, 0.1) is 0 Å². The van der Waals surface area contributed by atoms with Crippen molar-refractivity contribution in [2.45, 2.75) is 15.8 Å². The molecule has 1 aromatic heterocycles. The molecule has 0 fully saturated rings. The number of benzene rings is 1.